The number of esters is 1. The average molecular weight is 393 g/mol. The van der Waals surface area contributed by atoms with E-state index >= 15 is 0 Å². The van der Waals surface area contributed by atoms with Crippen LogP contribution in [-0.2, 0) is 4.79 Å². The Morgan fingerprint density at radius 2 is 1.90 bits per heavy atom. The highest BCUT2D eigenvalue weighted by Gasteiger charge is 2.42. The molecule has 3 atom stereocenters. The fourth-order valence-electron chi connectivity index (χ4n) is 4.26. The van der Waals surface area contributed by atoms with Crippen LogP contribution in [0, 0.1) is 16.0 Å². The van der Waals surface area contributed by atoms with Crippen LogP contribution >= 0.6 is 0 Å². The van der Waals surface area contributed by atoms with Crippen molar-refractivity contribution in [2.45, 2.75) is 25.3 Å². The number of nitro benzene ring substituents is 1. The lowest BCUT2D eigenvalue weighted by atomic mass is 9.75. The number of carboxylic acids is 1. The number of nitrogens with one attached hydrogen (secondary N) is 1. The number of benzene rings is 2. The average Bonchev–Trinajstić information content (AvgIpc) is 3.16. The Labute approximate surface area is 166 Å². The number of carbonyl (C=O) groups is 2. The van der Waals surface area contributed by atoms with E-state index in [0.29, 0.717) is 17.7 Å². The molecule has 0 saturated carbocycles. The van der Waals surface area contributed by atoms with Crippen LogP contribution in [0.5, 0.6) is 5.75 Å². The van der Waals surface area contributed by atoms with Crippen molar-refractivity contribution >= 4 is 23.3 Å². The van der Waals surface area contributed by atoms with Crippen molar-refractivity contribution in [2.75, 3.05) is 5.32 Å². The summed E-state index contributed by atoms with van der Waals surface area (Å²) in [4.78, 5) is 33.8. The van der Waals surface area contributed by atoms with Crippen molar-refractivity contribution in [1.82, 2.24) is 0 Å². The van der Waals surface area contributed by atoms with Gasteiger partial charge in [0.25, 0.3) is 5.69 Å². The van der Waals surface area contributed by atoms with Crippen LogP contribution in [0.2, 0.25) is 0 Å². The predicted octanol–water partition coefficient (Wildman–Crippen LogP) is 2.71. The SMILES string of the molecule is CC(=O)Oc1ccc([C@@H]2Nc3c(C(=O)[O-])ccc([N+](=O)[O-])c3[C@H]3C=CC[C@@H]32)cc1. The van der Waals surface area contributed by atoms with Gasteiger partial charge < -0.3 is 20.0 Å². The van der Waals surface area contributed by atoms with Crippen LogP contribution in [-0.4, -0.2) is 16.9 Å². The molecule has 8 heteroatoms. The van der Waals surface area contributed by atoms with Gasteiger partial charge in [-0.2, -0.15) is 0 Å². The summed E-state index contributed by atoms with van der Waals surface area (Å²) in [5.74, 6) is -1.71. The zero-order valence-corrected chi connectivity index (χ0v) is 15.5. The normalized spacial score (nSPS) is 21.6. The van der Waals surface area contributed by atoms with Crippen LogP contribution in [0.15, 0.2) is 48.6 Å². The van der Waals surface area contributed by atoms with Crippen molar-refractivity contribution in [3.8, 4) is 5.75 Å². The van der Waals surface area contributed by atoms with Gasteiger partial charge in [-0.25, -0.2) is 0 Å². The molecule has 8 nitrogen and oxygen atoms in total. The summed E-state index contributed by atoms with van der Waals surface area (Å²) in [6, 6.07) is 9.09. The van der Waals surface area contributed by atoms with E-state index < -0.39 is 16.9 Å². The summed E-state index contributed by atoms with van der Waals surface area (Å²) in [6.45, 7) is 1.32. The first-order valence-electron chi connectivity index (χ1n) is 9.11. The molecule has 2 aromatic rings. The van der Waals surface area contributed by atoms with Crippen LogP contribution in [0.1, 0.15) is 46.8 Å². The van der Waals surface area contributed by atoms with Crippen LogP contribution in [0.25, 0.3) is 0 Å². The lowest BCUT2D eigenvalue weighted by Crippen LogP contribution is -2.33. The second-order valence-corrected chi connectivity index (χ2v) is 7.10. The molecular formula is C21H17N2O6-. The van der Waals surface area contributed by atoms with Crippen LogP contribution in [0.4, 0.5) is 11.4 Å². The molecule has 148 valence electrons. The van der Waals surface area contributed by atoms with Gasteiger partial charge in [0.05, 0.1) is 28.2 Å². The number of rotatable bonds is 4. The highest BCUT2D eigenvalue weighted by atomic mass is 16.6. The molecule has 1 N–H and O–H groups in total. The number of aromatic carboxylic acids is 1. The van der Waals surface area contributed by atoms with E-state index in [-0.39, 0.29) is 34.8 Å². The number of carbonyl (C=O) groups excluding carboxylic acids is 2. The number of ether oxygens (including phenoxy) is 1. The van der Waals surface area contributed by atoms with Crippen LogP contribution in [0.3, 0.4) is 0 Å². The van der Waals surface area contributed by atoms with E-state index in [0.717, 1.165) is 5.56 Å². The summed E-state index contributed by atoms with van der Waals surface area (Å²) in [5.41, 5.74) is 1.25. The Morgan fingerprint density at radius 3 is 2.52 bits per heavy atom. The summed E-state index contributed by atoms with van der Waals surface area (Å²) < 4.78 is 5.06. The molecular weight excluding hydrogens is 376 g/mol. The molecule has 0 aromatic heterocycles. The van der Waals surface area contributed by atoms with Crippen molar-refractivity contribution in [2.24, 2.45) is 5.92 Å². The molecule has 1 heterocycles. The molecule has 0 radical (unpaired) electrons. The van der Waals surface area contributed by atoms with Crippen molar-refractivity contribution < 1.29 is 24.4 Å². The second-order valence-electron chi connectivity index (χ2n) is 7.10. The van der Waals surface area contributed by atoms with Gasteiger partial charge in [-0.15, -0.1) is 0 Å². The number of fused-ring (bicyclic) bond motifs is 3. The number of anilines is 1. The van der Waals surface area contributed by atoms with E-state index in [1.54, 1.807) is 24.3 Å². The zero-order chi connectivity index (χ0) is 20.7. The van der Waals surface area contributed by atoms with Gasteiger partial charge in [-0.1, -0.05) is 24.3 Å². The highest BCUT2D eigenvalue weighted by molar-refractivity contribution is 5.95. The minimum Gasteiger partial charge on any atom is -0.545 e. The molecule has 2 aromatic carbocycles. The van der Waals surface area contributed by atoms with Gasteiger partial charge in [-0.05, 0) is 36.1 Å². The second kappa shape index (κ2) is 7.05. The molecule has 1 aliphatic heterocycles. The van der Waals surface area contributed by atoms with Gasteiger partial charge in [0.2, 0.25) is 0 Å². The fraction of sp³-hybridized carbons (Fsp3) is 0.238. The minimum absolute atomic E-state index is 0.0159. The van der Waals surface area contributed by atoms with Gasteiger partial charge in [0.1, 0.15) is 5.75 Å². The lowest BCUT2D eigenvalue weighted by molar-refractivity contribution is -0.385. The Kier molecular flexibility index (Phi) is 4.54. The number of carboxylic acid groups (broad SMARTS) is 1. The summed E-state index contributed by atoms with van der Waals surface area (Å²) in [7, 11) is 0. The maximum atomic E-state index is 11.6. The molecule has 0 spiro atoms. The summed E-state index contributed by atoms with van der Waals surface area (Å²) >= 11 is 0. The van der Waals surface area contributed by atoms with E-state index in [9.17, 15) is 24.8 Å². The first-order chi connectivity index (χ1) is 13.9. The molecule has 0 fully saturated rings. The monoisotopic (exact) mass is 393 g/mol. The van der Waals surface area contributed by atoms with E-state index in [2.05, 4.69) is 5.32 Å². The first-order valence-corrected chi connectivity index (χ1v) is 9.11. The molecule has 29 heavy (non-hydrogen) atoms. The highest BCUT2D eigenvalue weighted by Crippen LogP contribution is 2.53. The van der Waals surface area contributed by atoms with Gasteiger partial charge in [-0.3, -0.25) is 14.9 Å². The predicted molar refractivity (Wildman–Crippen MR) is 102 cm³/mol. The number of nitrogens with zero attached hydrogens (tertiary/aromatic N) is 1. The Hall–Kier alpha value is -3.68. The first kappa shape index (κ1) is 18.7. The topological polar surface area (TPSA) is 122 Å². The third-order valence-electron chi connectivity index (χ3n) is 5.41. The Balaban J connectivity index is 1.80. The van der Waals surface area contributed by atoms with E-state index in [1.165, 1.54) is 19.1 Å². The zero-order valence-electron chi connectivity index (χ0n) is 15.5. The largest absolute Gasteiger partial charge is 0.545 e. The molecule has 0 unspecified atom stereocenters. The minimum atomic E-state index is -1.40. The van der Waals surface area contributed by atoms with E-state index in [1.807, 2.05) is 12.2 Å². The lowest BCUT2D eigenvalue weighted by Gasteiger charge is -2.38. The van der Waals surface area contributed by atoms with Gasteiger partial charge in [0.15, 0.2) is 0 Å². The quantitative estimate of drug-likeness (QED) is 0.279. The molecule has 0 amide bonds. The fourth-order valence-corrected chi connectivity index (χ4v) is 4.26. The molecule has 0 saturated heterocycles. The van der Waals surface area contributed by atoms with Crippen LogP contribution < -0.4 is 15.2 Å². The van der Waals surface area contributed by atoms with Gasteiger partial charge in [0, 0.05) is 24.5 Å². The number of hydrogen-bond acceptors (Lipinski definition) is 7. The van der Waals surface area contributed by atoms with Crippen molar-refractivity contribution in [3.63, 3.8) is 0 Å². The maximum Gasteiger partial charge on any atom is 0.308 e. The van der Waals surface area contributed by atoms with Crippen molar-refractivity contribution in [3.05, 3.63) is 75.4 Å². The van der Waals surface area contributed by atoms with Crippen molar-refractivity contribution in [1.29, 1.82) is 0 Å². The number of allylic oxidation sites excluding steroid dienone is 2. The Bertz CT molecular complexity index is 1040. The summed E-state index contributed by atoms with van der Waals surface area (Å²) in [6.07, 6.45) is 4.55. The molecule has 4 rings (SSSR count). The number of hydrogen-bond donors (Lipinski definition) is 1. The smallest absolute Gasteiger partial charge is 0.308 e. The third kappa shape index (κ3) is 3.22. The molecule has 0 bridgehead atoms. The molecule has 2 aliphatic rings. The van der Waals surface area contributed by atoms with E-state index in [4.69, 9.17) is 4.74 Å². The standard InChI is InChI=1S/C21H18N2O6/c1-11(24)29-13-7-5-12(6-8-13)19-15-4-2-3-14(15)18-17(23(27)28)10-9-16(21(25)26)20(18)22-19/h2-3,5-10,14-15,19,22H,4H2,1H3,(H,25,26)/p-1/t14-,15-,19-/m0/s1. The number of nitro groups is 1. The maximum absolute atomic E-state index is 11.6. The molecule has 1 aliphatic carbocycles. The third-order valence-corrected chi connectivity index (χ3v) is 5.41. The summed E-state index contributed by atoms with van der Waals surface area (Å²) in [5, 5.41) is 26.4. The Morgan fingerprint density at radius 1 is 1.17 bits per heavy atom. The van der Waals surface area contributed by atoms with Gasteiger partial charge >= 0.3 is 5.97 Å².